The number of amides is 3. The van der Waals surface area contributed by atoms with Crippen LogP contribution < -0.4 is 0 Å². The van der Waals surface area contributed by atoms with Crippen LogP contribution >= 0.6 is 10.6 Å². The lowest BCUT2D eigenvalue weighted by Gasteiger charge is -2.61. The second-order valence-corrected chi connectivity index (χ2v) is 13.4. The lowest BCUT2D eigenvalue weighted by atomic mass is 9.58. The third kappa shape index (κ3) is 4.10. The fraction of sp³-hybridized carbons (Fsp3) is 0.680. The van der Waals surface area contributed by atoms with Gasteiger partial charge in [0.2, 0.25) is 5.91 Å². The largest absolute Gasteiger partial charge is 0.338 e. The molecular formula is C25H38N4O4S. The minimum Gasteiger partial charge on any atom is -0.338 e. The summed E-state index contributed by atoms with van der Waals surface area (Å²) in [6.45, 7) is 2.12. The van der Waals surface area contributed by atoms with Crippen LogP contribution in [0.5, 0.6) is 0 Å². The SMILES string of the molecule is CN(C)C1(c2ccccc2)CC2(CN(CC(=O)N3CCS(O)(O)CC3)C(=O)N2CC2CCC2)C1. The quantitative estimate of drug-likeness (QED) is 0.640. The first-order chi connectivity index (χ1) is 16.1. The fourth-order valence-corrected chi connectivity index (χ4v) is 7.55. The molecule has 9 heteroatoms. The zero-order valence-electron chi connectivity index (χ0n) is 20.4. The number of hydrogen-bond acceptors (Lipinski definition) is 5. The van der Waals surface area contributed by atoms with Crippen molar-refractivity contribution in [3.05, 3.63) is 35.9 Å². The second kappa shape index (κ2) is 8.69. The molecule has 2 aliphatic heterocycles. The Hall–Kier alpha value is -1.81. The minimum atomic E-state index is -2.55. The van der Waals surface area contributed by atoms with Crippen molar-refractivity contribution in [2.24, 2.45) is 5.92 Å². The van der Waals surface area contributed by atoms with Crippen molar-refractivity contribution in [2.75, 3.05) is 58.3 Å². The highest BCUT2D eigenvalue weighted by molar-refractivity contribution is 8.24. The Morgan fingerprint density at radius 2 is 1.76 bits per heavy atom. The molecule has 188 valence electrons. The second-order valence-electron chi connectivity index (χ2n) is 11.0. The van der Waals surface area contributed by atoms with Crippen molar-refractivity contribution in [3.8, 4) is 0 Å². The van der Waals surface area contributed by atoms with Crippen LogP contribution in [0, 0.1) is 5.92 Å². The number of carbonyl (C=O) groups is 2. The first kappa shape index (κ1) is 23.9. The van der Waals surface area contributed by atoms with Gasteiger partial charge in [-0.3, -0.25) is 18.8 Å². The van der Waals surface area contributed by atoms with Crippen LogP contribution in [0.1, 0.15) is 37.7 Å². The van der Waals surface area contributed by atoms with Crippen LogP contribution in [0.2, 0.25) is 0 Å². The van der Waals surface area contributed by atoms with Crippen molar-refractivity contribution in [1.82, 2.24) is 19.6 Å². The Kier molecular flexibility index (Phi) is 6.11. The highest BCUT2D eigenvalue weighted by Crippen LogP contribution is 2.57. The molecule has 1 aromatic rings. The maximum Gasteiger partial charge on any atom is 0.321 e. The van der Waals surface area contributed by atoms with E-state index in [1.807, 2.05) is 6.07 Å². The molecule has 4 fully saturated rings. The molecule has 4 aliphatic rings. The van der Waals surface area contributed by atoms with E-state index in [1.54, 1.807) is 9.80 Å². The van der Waals surface area contributed by atoms with Crippen LogP contribution in [-0.4, -0.2) is 105 Å². The molecule has 0 atom stereocenters. The normalized spacial score (nSPS) is 32.1. The van der Waals surface area contributed by atoms with E-state index in [1.165, 1.54) is 24.8 Å². The zero-order valence-corrected chi connectivity index (χ0v) is 21.2. The van der Waals surface area contributed by atoms with Crippen molar-refractivity contribution in [1.29, 1.82) is 0 Å². The fourth-order valence-electron chi connectivity index (χ4n) is 6.32. The predicted octanol–water partition coefficient (Wildman–Crippen LogP) is 3.11. The first-order valence-electron chi connectivity index (χ1n) is 12.5. The number of nitrogens with zero attached hydrogens (tertiary/aromatic N) is 4. The summed E-state index contributed by atoms with van der Waals surface area (Å²) >= 11 is 0. The maximum absolute atomic E-state index is 13.6. The third-order valence-electron chi connectivity index (χ3n) is 8.69. The van der Waals surface area contributed by atoms with Gasteiger partial charge >= 0.3 is 6.03 Å². The molecule has 2 N–H and O–H groups in total. The molecule has 5 rings (SSSR count). The molecule has 8 nitrogen and oxygen atoms in total. The summed E-state index contributed by atoms with van der Waals surface area (Å²) in [7, 11) is 1.69. The molecule has 0 aromatic heterocycles. The van der Waals surface area contributed by atoms with Crippen LogP contribution in [0.25, 0.3) is 0 Å². The van der Waals surface area contributed by atoms with Gasteiger partial charge < -0.3 is 14.7 Å². The van der Waals surface area contributed by atoms with Gasteiger partial charge in [0.25, 0.3) is 0 Å². The molecule has 2 saturated carbocycles. The third-order valence-corrected chi connectivity index (χ3v) is 10.4. The Morgan fingerprint density at radius 1 is 1.12 bits per heavy atom. The maximum atomic E-state index is 13.6. The summed E-state index contributed by atoms with van der Waals surface area (Å²) in [5, 5.41) is 0. The number of benzene rings is 1. The van der Waals surface area contributed by atoms with E-state index in [9.17, 15) is 18.7 Å². The summed E-state index contributed by atoms with van der Waals surface area (Å²) < 4.78 is 19.7. The van der Waals surface area contributed by atoms with E-state index in [0.29, 0.717) is 25.6 Å². The van der Waals surface area contributed by atoms with E-state index in [0.717, 1.165) is 19.4 Å². The molecule has 0 unspecified atom stereocenters. The standard InChI is InChI=1S/C25H38N4O4S/c1-26(2)25(21-9-4-3-5-10-21)17-24(18-25)19-28(23(31)29(24)15-20-7-6-8-20)16-22(30)27-11-13-34(32,33)14-12-27/h3-5,9-10,20,32-33H,6-8,11-19H2,1-2H3. The van der Waals surface area contributed by atoms with Gasteiger partial charge in [-0.2, -0.15) is 10.6 Å². The van der Waals surface area contributed by atoms with E-state index < -0.39 is 10.6 Å². The molecule has 2 heterocycles. The summed E-state index contributed by atoms with van der Waals surface area (Å²) in [6.07, 6.45) is 5.32. The molecule has 0 radical (unpaired) electrons. The van der Waals surface area contributed by atoms with E-state index >= 15 is 0 Å². The highest BCUT2D eigenvalue weighted by atomic mass is 32.3. The zero-order chi connectivity index (χ0) is 24.1. The van der Waals surface area contributed by atoms with Crippen molar-refractivity contribution >= 4 is 22.5 Å². The van der Waals surface area contributed by atoms with Crippen LogP contribution in [0.4, 0.5) is 4.79 Å². The molecular weight excluding hydrogens is 452 g/mol. The summed E-state index contributed by atoms with van der Waals surface area (Å²) in [5.41, 5.74) is 0.925. The van der Waals surface area contributed by atoms with Gasteiger partial charge in [-0.1, -0.05) is 36.8 Å². The molecule has 0 bridgehead atoms. The Balaban J connectivity index is 1.33. The average molecular weight is 491 g/mol. The smallest absolute Gasteiger partial charge is 0.321 e. The van der Waals surface area contributed by atoms with Crippen molar-refractivity contribution < 1.29 is 18.7 Å². The topological polar surface area (TPSA) is 87.6 Å². The lowest BCUT2D eigenvalue weighted by molar-refractivity contribution is -0.131. The van der Waals surface area contributed by atoms with Crippen LogP contribution in [-0.2, 0) is 10.3 Å². The van der Waals surface area contributed by atoms with Gasteiger partial charge in [0.05, 0.1) is 22.6 Å². The van der Waals surface area contributed by atoms with Gasteiger partial charge in [0.15, 0.2) is 0 Å². The number of rotatable bonds is 6. The average Bonchev–Trinajstić information content (AvgIpc) is 3.01. The van der Waals surface area contributed by atoms with Crippen molar-refractivity contribution in [2.45, 2.75) is 43.2 Å². The van der Waals surface area contributed by atoms with Crippen LogP contribution in [0.15, 0.2) is 30.3 Å². The van der Waals surface area contributed by atoms with E-state index in [-0.39, 0.29) is 41.1 Å². The molecule has 34 heavy (non-hydrogen) atoms. The molecule has 3 amide bonds. The van der Waals surface area contributed by atoms with E-state index in [4.69, 9.17) is 0 Å². The first-order valence-corrected chi connectivity index (χ1v) is 14.3. The van der Waals surface area contributed by atoms with Gasteiger partial charge in [-0.05, 0) is 51.3 Å². The number of hydrogen-bond donors (Lipinski definition) is 2. The monoisotopic (exact) mass is 490 g/mol. The Bertz CT molecular complexity index is 920. The molecule has 1 aromatic carbocycles. The van der Waals surface area contributed by atoms with Gasteiger partial charge in [-0.15, -0.1) is 0 Å². The Labute approximate surface area is 204 Å². The minimum absolute atomic E-state index is 0.0121. The van der Waals surface area contributed by atoms with E-state index in [2.05, 4.69) is 48.2 Å². The predicted molar refractivity (Wildman–Crippen MR) is 134 cm³/mol. The van der Waals surface area contributed by atoms with Crippen molar-refractivity contribution in [3.63, 3.8) is 0 Å². The Morgan fingerprint density at radius 3 is 2.32 bits per heavy atom. The summed E-state index contributed by atoms with van der Waals surface area (Å²) in [6, 6.07) is 10.6. The summed E-state index contributed by atoms with van der Waals surface area (Å²) in [4.78, 5) is 34.5. The van der Waals surface area contributed by atoms with Gasteiger partial charge in [0.1, 0.15) is 6.54 Å². The lowest BCUT2D eigenvalue weighted by Crippen LogP contribution is -2.68. The number of carbonyl (C=O) groups excluding carboxylic acids is 2. The van der Waals surface area contributed by atoms with Gasteiger partial charge in [0, 0.05) is 26.2 Å². The molecule has 1 spiro atoms. The number of urea groups is 1. The summed E-state index contributed by atoms with van der Waals surface area (Å²) in [5.74, 6) is 0.930. The molecule has 2 aliphatic carbocycles. The van der Waals surface area contributed by atoms with Gasteiger partial charge in [-0.25, -0.2) is 4.79 Å². The highest BCUT2D eigenvalue weighted by Gasteiger charge is 2.64. The molecule has 2 saturated heterocycles. The van der Waals surface area contributed by atoms with Crippen LogP contribution in [0.3, 0.4) is 0 Å².